The predicted octanol–water partition coefficient (Wildman–Crippen LogP) is 0.925. The molecule has 20 heavy (non-hydrogen) atoms. The summed E-state index contributed by atoms with van der Waals surface area (Å²) in [6.45, 7) is 2.61. The number of carbonyl (C=O) groups excluding carboxylic acids is 2. The Kier molecular flexibility index (Phi) is 5.98. The third kappa shape index (κ3) is 3.71. The number of anilines is 1. The van der Waals surface area contributed by atoms with Crippen LogP contribution in [-0.2, 0) is 9.59 Å². The second-order valence-electron chi connectivity index (χ2n) is 4.89. The van der Waals surface area contributed by atoms with Crippen LogP contribution in [0, 0.1) is 5.92 Å². The normalized spacial score (nSPS) is 19.4. The lowest BCUT2D eigenvalue weighted by Crippen LogP contribution is -2.41. The molecular formula is C14H20ClN3O2. The number of halogens is 1. The molecular weight excluding hydrogens is 278 g/mol. The molecule has 2 atom stereocenters. The quantitative estimate of drug-likeness (QED) is 0.868. The molecule has 0 bridgehead atoms. The van der Waals surface area contributed by atoms with Gasteiger partial charge in [0.1, 0.15) is 0 Å². The predicted molar refractivity (Wildman–Crippen MR) is 80.8 cm³/mol. The van der Waals surface area contributed by atoms with Gasteiger partial charge in [0, 0.05) is 31.1 Å². The average molecular weight is 298 g/mol. The first-order valence-corrected chi connectivity index (χ1v) is 6.47. The van der Waals surface area contributed by atoms with E-state index in [1.54, 1.807) is 11.8 Å². The lowest BCUT2D eigenvalue weighted by atomic mass is 10.1. The SMILES string of the molecule is CC(CN)C(=O)NC1CC(=O)N(c2ccccc2)C1.Cl. The summed E-state index contributed by atoms with van der Waals surface area (Å²) >= 11 is 0. The van der Waals surface area contributed by atoms with Gasteiger partial charge in [0.25, 0.3) is 0 Å². The molecule has 1 saturated heterocycles. The summed E-state index contributed by atoms with van der Waals surface area (Å²) in [4.78, 5) is 25.4. The van der Waals surface area contributed by atoms with Gasteiger partial charge in [-0.15, -0.1) is 12.4 Å². The van der Waals surface area contributed by atoms with Crippen LogP contribution in [-0.4, -0.2) is 30.9 Å². The number of nitrogens with one attached hydrogen (secondary N) is 1. The van der Waals surface area contributed by atoms with Gasteiger partial charge in [0.05, 0.1) is 6.04 Å². The highest BCUT2D eigenvalue weighted by atomic mass is 35.5. The Morgan fingerprint density at radius 3 is 2.70 bits per heavy atom. The van der Waals surface area contributed by atoms with Crippen LogP contribution in [0.2, 0.25) is 0 Å². The summed E-state index contributed by atoms with van der Waals surface area (Å²) in [5, 5.41) is 2.88. The van der Waals surface area contributed by atoms with Gasteiger partial charge in [-0.1, -0.05) is 25.1 Å². The summed E-state index contributed by atoms with van der Waals surface area (Å²) in [6, 6.07) is 9.35. The second-order valence-corrected chi connectivity index (χ2v) is 4.89. The number of nitrogens with two attached hydrogens (primary N) is 1. The van der Waals surface area contributed by atoms with E-state index in [1.807, 2.05) is 30.3 Å². The summed E-state index contributed by atoms with van der Waals surface area (Å²) in [6.07, 6.45) is 0.345. The van der Waals surface area contributed by atoms with Gasteiger partial charge in [-0.25, -0.2) is 0 Å². The highest BCUT2D eigenvalue weighted by molar-refractivity contribution is 5.96. The van der Waals surface area contributed by atoms with Gasteiger partial charge >= 0.3 is 0 Å². The standard InChI is InChI=1S/C14H19N3O2.ClH/c1-10(8-15)14(19)16-11-7-13(18)17(9-11)12-5-3-2-4-6-12;/h2-6,10-11H,7-9,15H2,1H3,(H,16,19);1H. The summed E-state index contributed by atoms with van der Waals surface area (Å²) in [5.41, 5.74) is 6.33. The molecule has 1 aromatic carbocycles. The van der Waals surface area contributed by atoms with Crippen molar-refractivity contribution in [2.75, 3.05) is 18.0 Å². The van der Waals surface area contributed by atoms with E-state index in [2.05, 4.69) is 5.32 Å². The Labute approximate surface area is 124 Å². The number of rotatable bonds is 4. The Bertz CT molecular complexity index is 467. The Morgan fingerprint density at radius 1 is 1.45 bits per heavy atom. The van der Waals surface area contributed by atoms with E-state index >= 15 is 0 Å². The smallest absolute Gasteiger partial charge is 0.229 e. The molecule has 1 fully saturated rings. The van der Waals surface area contributed by atoms with Gasteiger partial charge in [-0.2, -0.15) is 0 Å². The van der Waals surface area contributed by atoms with Crippen molar-refractivity contribution in [2.24, 2.45) is 11.7 Å². The van der Waals surface area contributed by atoms with Crippen molar-refractivity contribution in [1.82, 2.24) is 5.32 Å². The van der Waals surface area contributed by atoms with E-state index < -0.39 is 0 Å². The third-order valence-corrected chi connectivity index (χ3v) is 3.34. The molecule has 0 spiro atoms. The molecule has 1 aliphatic heterocycles. The first-order valence-electron chi connectivity index (χ1n) is 6.47. The molecule has 0 aliphatic carbocycles. The minimum absolute atomic E-state index is 0. The van der Waals surface area contributed by atoms with Gasteiger partial charge in [0.15, 0.2) is 0 Å². The van der Waals surface area contributed by atoms with Crippen molar-refractivity contribution in [1.29, 1.82) is 0 Å². The van der Waals surface area contributed by atoms with E-state index in [9.17, 15) is 9.59 Å². The Balaban J connectivity index is 0.00000200. The number of hydrogen-bond donors (Lipinski definition) is 2. The maximum Gasteiger partial charge on any atom is 0.229 e. The average Bonchev–Trinajstić information content (AvgIpc) is 2.79. The van der Waals surface area contributed by atoms with Crippen LogP contribution in [0.1, 0.15) is 13.3 Å². The number of hydrogen-bond acceptors (Lipinski definition) is 3. The first-order chi connectivity index (χ1) is 9.11. The van der Waals surface area contributed by atoms with Crippen molar-refractivity contribution < 1.29 is 9.59 Å². The highest BCUT2D eigenvalue weighted by Crippen LogP contribution is 2.21. The van der Waals surface area contributed by atoms with E-state index in [4.69, 9.17) is 5.73 Å². The topological polar surface area (TPSA) is 75.4 Å². The summed E-state index contributed by atoms with van der Waals surface area (Å²) in [7, 11) is 0. The fourth-order valence-electron chi connectivity index (χ4n) is 2.11. The van der Waals surface area contributed by atoms with Crippen LogP contribution in [0.3, 0.4) is 0 Å². The molecule has 1 heterocycles. The van der Waals surface area contributed by atoms with E-state index in [1.165, 1.54) is 0 Å². The van der Waals surface area contributed by atoms with Crippen molar-refractivity contribution in [2.45, 2.75) is 19.4 Å². The molecule has 6 heteroatoms. The van der Waals surface area contributed by atoms with Crippen molar-refractivity contribution in [3.63, 3.8) is 0 Å². The first kappa shape index (κ1) is 16.5. The van der Waals surface area contributed by atoms with Crippen LogP contribution < -0.4 is 16.0 Å². The van der Waals surface area contributed by atoms with Crippen molar-refractivity contribution >= 4 is 29.9 Å². The fraction of sp³-hybridized carbons (Fsp3) is 0.429. The largest absolute Gasteiger partial charge is 0.351 e. The molecule has 1 aromatic rings. The zero-order valence-electron chi connectivity index (χ0n) is 11.4. The van der Waals surface area contributed by atoms with Gasteiger partial charge in [0.2, 0.25) is 11.8 Å². The number of amides is 2. The molecule has 2 amide bonds. The molecule has 2 unspecified atom stereocenters. The fourth-order valence-corrected chi connectivity index (χ4v) is 2.11. The van der Waals surface area contributed by atoms with Crippen LogP contribution in [0.5, 0.6) is 0 Å². The van der Waals surface area contributed by atoms with E-state index in [0.717, 1.165) is 5.69 Å². The van der Waals surface area contributed by atoms with Crippen molar-refractivity contribution in [3.8, 4) is 0 Å². The highest BCUT2D eigenvalue weighted by Gasteiger charge is 2.31. The molecule has 110 valence electrons. The maximum absolute atomic E-state index is 12.0. The molecule has 0 radical (unpaired) electrons. The molecule has 1 aliphatic rings. The van der Waals surface area contributed by atoms with E-state index in [0.29, 0.717) is 19.5 Å². The van der Waals surface area contributed by atoms with Gasteiger partial charge in [-0.05, 0) is 12.1 Å². The zero-order chi connectivity index (χ0) is 13.8. The zero-order valence-corrected chi connectivity index (χ0v) is 12.2. The molecule has 3 N–H and O–H groups in total. The molecule has 0 saturated carbocycles. The lowest BCUT2D eigenvalue weighted by molar-refractivity contribution is -0.124. The molecule has 0 aromatic heterocycles. The van der Waals surface area contributed by atoms with Crippen molar-refractivity contribution in [3.05, 3.63) is 30.3 Å². The van der Waals surface area contributed by atoms with Crippen LogP contribution in [0.4, 0.5) is 5.69 Å². The lowest BCUT2D eigenvalue weighted by Gasteiger charge is -2.18. The maximum atomic E-state index is 12.0. The number of benzene rings is 1. The number of para-hydroxylation sites is 1. The van der Waals surface area contributed by atoms with Crippen LogP contribution in [0.15, 0.2) is 30.3 Å². The summed E-state index contributed by atoms with van der Waals surface area (Å²) < 4.78 is 0. The van der Waals surface area contributed by atoms with Gasteiger partial charge in [-0.3, -0.25) is 9.59 Å². The van der Waals surface area contributed by atoms with Crippen LogP contribution >= 0.6 is 12.4 Å². The second kappa shape index (κ2) is 7.26. The minimum Gasteiger partial charge on any atom is -0.351 e. The van der Waals surface area contributed by atoms with Gasteiger partial charge < -0.3 is 16.0 Å². The monoisotopic (exact) mass is 297 g/mol. The van der Waals surface area contributed by atoms with Crippen LogP contribution in [0.25, 0.3) is 0 Å². The Hall–Kier alpha value is -1.59. The minimum atomic E-state index is -0.221. The molecule has 5 nitrogen and oxygen atoms in total. The Morgan fingerprint density at radius 2 is 2.10 bits per heavy atom. The number of carbonyl (C=O) groups is 2. The summed E-state index contributed by atoms with van der Waals surface area (Å²) in [5.74, 6) is -0.270. The number of nitrogens with zero attached hydrogens (tertiary/aromatic N) is 1. The molecule has 2 rings (SSSR count). The van der Waals surface area contributed by atoms with E-state index in [-0.39, 0.29) is 36.2 Å². The third-order valence-electron chi connectivity index (χ3n) is 3.34.